The Hall–Kier alpha value is -4.82. The second-order valence-corrected chi connectivity index (χ2v) is 12.0. The average molecular weight is 625 g/mol. The first-order chi connectivity index (χ1) is 21.8. The van der Waals surface area contributed by atoms with E-state index in [1.54, 1.807) is 40.1 Å². The van der Waals surface area contributed by atoms with E-state index in [1.165, 1.54) is 6.26 Å². The van der Waals surface area contributed by atoms with Crippen LogP contribution in [-0.2, 0) is 17.9 Å². The summed E-state index contributed by atoms with van der Waals surface area (Å²) in [7, 11) is 0. The molecule has 0 N–H and O–H groups in total. The van der Waals surface area contributed by atoms with E-state index in [0.29, 0.717) is 51.1 Å². The molecule has 0 fully saturated rings. The van der Waals surface area contributed by atoms with Gasteiger partial charge in [-0.15, -0.1) is 0 Å². The number of amides is 2. The van der Waals surface area contributed by atoms with Crippen molar-refractivity contribution in [3.63, 3.8) is 0 Å². The fraction of sp³-hybridized carbons (Fsp3) is 0.250. The Labute approximate surface area is 265 Å². The predicted molar refractivity (Wildman–Crippen MR) is 174 cm³/mol. The summed E-state index contributed by atoms with van der Waals surface area (Å²) in [5.74, 6) is 1.01. The normalized spacial score (nSPS) is 12.2. The van der Waals surface area contributed by atoms with Crippen molar-refractivity contribution in [3.05, 3.63) is 117 Å². The van der Waals surface area contributed by atoms with Gasteiger partial charge in [-0.1, -0.05) is 67.9 Å². The molecule has 230 valence electrons. The number of hydrogen-bond donors (Lipinski definition) is 0. The molecule has 0 spiro atoms. The molecule has 6 rings (SSSR count). The zero-order valence-electron chi connectivity index (χ0n) is 25.1. The Balaban J connectivity index is 1.33. The summed E-state index contributed by atoms with van der Waals surface area (Å²) in [6, 6.07) is 23.7. The zero-order valence-corrected chi connectivity index (χ0v) is 25.9. The largest absolute Gasteiger partial charge is 0.464 e. The molecule has 0 aliphatic carbocycles. The molecule has 0 saturated heterocycles. The number of carbonyl (C=O) groups is 2. The number of carbonyl (C=O) groups excluding carboxylic acids is 2. The van der Waals surface area contributed by atoms with Gasteiger partial charge in [0, 0.05) is 23.7 Å². The number of halogens is 1. The molecular weight excluding hydrogens is 592 g/mol. The lowest BCUT2D eigenvalue weighted by Crippen LogP contribution is -2.43. The molecule has 1 aromatic heterocycles. The second kappa shape index (κ2) is 13.0. The fourth-order valence-corrected chi connectivity index (χ4v) is 5.63. The molecule has 45 heavy (non-hydrogen) atoms. The molecule has 1 aliphatic rings. The highest BCUT2D eigenvalue weighted by Gasteiger charge is 2.26. The highest BCUT2D eigenvalue weighted by Crippen LogP contribution is 2.33. The van der Waals surface area contributed by atoms with E-state index >= 15 is 0 Å². The van der Waals surface area contributed by atoms with Crippen molar-refractivity contribution in [2.24, 2.45) is 5.92 Å². The van der Waals surface area contributed by atoms with Crippen molar-refractivity contribution in [3.8, 4) is 11.5 Å². The van der Waals surface area contributed by atoms with Crippen LogP contribution in [0.3, 0.4) is 0 Å². The first-order valence-electron chi connectivity index (χ1n) is 14.9. The minimum absolute atomic E-state index is 0.0292. The van der Waals surface area contributed by atoms with Crippen LogP contribution in [0.15, 0.2) is 94.3 Å². The summed E-state index contributed by atoms with van der Waals surface area (Å²) in [5.41, 5.74) is 1.76. The summed E-state index contributed by atoms with van der Waals surface area (Å²) < 4.78 is 16.8. The zero-order chi connectivity index (χ0) is 31.5. The van der Waals surface area contributed by atoms with Crippen molar-refractivity contribution in [1.29, 1.82) is 0 Å². The molecule has 0 radical (unpaired) electrons. The van der Waals surface area contributed by atoms with Crippen LogP contribution in [-0.4, -0.2) is 41.5 Å². The lowest BCUT2D eigenvalue weighted by Gasteiger charge is -2.28. The molecule has 2 heterocycles. The van der Waals surface area contributed by atoms with Crippen LogP contribution in [0.25, 0.3) is 21.7 Å². The number of fused-ring (bicyclic) bond motifs is 3. The number of ether oxygens (including phenoxy) is 2. The maximum absolute atomic E-state index is 14.2. The van der Waals surface area contributed by atoms with Crippen LogP contribution in [0, 0.1) is 5.92 Å². The van der Waals surface area contributed by atoms with Gasteiger partial charge < -0.3 is 23.7 Å². The first-order valence-corrected chi connectivity index (χ1v) is 15.3. The Bertz CT molecular complexity index is 1950. The molecule has 2 amide bonds. The summed E-state index contributed by atoms with van der Waals surface area (Å²) in [6.07, 6.45) is 2.11. The molecule has 1 aliphatic heterocycles. The van der Waals surface area contributed by atoms with Crippen LogP contribution in [0.4, 0.5) is 0 Å². The van der Waals surface area contributed by atoms with Gasteiger partial charge in [-0.3, -0.25) is 14.4 Å². The average Bonchev–Trinajstić information content (AvgIpc) is 3.51. The highest BCUT2D eigenvalue weighted by atomic mass is 35.5. The van der Waals surface area contributed by atoms with Gasteiger partial charge in [-0.2, -0.15) is 0 Å². The van der Waals surface area contributed by atoms with Gasteiger partial charge in [0.15, 0.2) is 16.9 Å². The molecule has 5 aromatic rings. The van der Waals surface area contributed by atoms with Crippen molar-refractivity contribution in [2.75, 3.05) is 19.9 Å². The van der Waals surface area contributed by atoms with Crippen molar-refractivity contribution < 1.29 is 23.5 Å². The van der Waals surface area contributed by atoms with Gasteiger partial charge >= 0.3 is 0 Å². The molecule has 9 heteroatoms. The first kappa shape index (κ1) is 30.2. The summed E-state index contributed by atoms with van der Waals surface area (Å²) in [4.78, 5) is 44.9. The van der Waals surface area contributed by atoms with E-state index in [1.807, 2.05) is 48.5 Å². The molecule has 0 bridgehead atoms. The molecule has 0 saturated carbocycles. The molecular formula is C36H33ClN2O6. The van der Waals surface area contributed by atoms with E-state index < -0.39 is 0 Å². The molecule has 4 aromatic carbocycles. The SMILES string of the molecule is CC(C)CCN(CC(=O)N(Cc1ccc2c(c1)OCO2)Cc1coc2ccc(Cl)cc2c1=O)C(=O)c1cccc2ccccc12. The van der Waals surface area contributed by atoms with Gasteiger partial charge in [0.25, 0.3) is 5.91 Å². The number of nitrogens with zero attached hydrogens (tertiary/aromatic N) is 2. The smallest absolute Gasteiger partial charge is 0.254 e. The third kappa shape index (κ3) is 6.66. The summed E-state index contributed by atoms with van der Waals surface area (Å²) >= 11 is 6.17. The van der Waals surface area contributed by atoms with Crippen molar-refractivity contribution >= 4 is 45.2 Å². The number of benzene rings is 4. The van der Waals surface area contributed by atoms with Crippen LogP contribution in [0.2, 0.25) is 5.02 Å². The van der Waals surface area contributed by atoms with Crippen LogP contribution in [0.1, 0.15) is 41.8 Å². The Morgan fingerprint density at radius 2 is 1.67 bits per heavy atom. The lowest BCUT2D eigenvalue weighted by molar-refractivity contribution is -0.133. The van der Waals surface area contributed by atoms with E-state index in [-0.39, 0.29) is 43.7 Å². The highest BCUT2D eigenvalue weighted by molar-refractivity contribution is 6.31. The van der Waals surface area contributed by atoms with Gasteiger partial charge in [0.1, 0.15) is 12.1 Å². The number of rotatable bonds is 10. The predicted octanol–water partition coefficient (Wildman–Crippen LogP) is 7.05. The van der Waals surface area contributed by atoms with E-state index in [0.717, 1.165) is 22.8 Å². The third-order valence-corrected chi connectivity index (χ3v) is 8.18. The van der Waals surface area contributed by atoms with Gasteiger partial charge in [-0.05, 0) is 65.1 Å². The summed E-state index contributed by atoms with van der Waals surface area (Å²) in [5, 5.41) is 2.52. The summed E-state index contributed by atoms with van der Waals surface area (Å²) in [6.45, 7) is 4.67. The quantitative estimate of drug-likeness (QED) is 0.165. The van der Waals surface area contributed by atoms with Crippen molar-refractivity contribution in [2.45, 2.75) is 33.4 Å². The molecule has 0 unspecified atom stereocenters. The Kier molecular flexibility index (Phi) is 8.76. The van der Waals surface area contributed by atoms with Gasteiger partial charge in [0.05, 0.1) is 23.8 Å². The van der Waals surface area contributed by atoms with Gasteiger partial charge in [-0.25, -0.2) is 0 Å². The number of hydrogen-bond acceptors (Lipinski definition) is 6. The maximum atomic E-state index is 14.2. The second-order valence-electron chi connectivity index (χ2n) is 11.6. The van der Waals surface area contributed by atoms with E-state index in [4.69, 9.17) is 25.5 Å². The van der Waals surface area contributed by atoms with Crippen molar-refractivity contribution in [1.82, 2.24) is 9.80 Å². The minimum Gasteiger partial charge on any atom is -0.464 e. The van der Waals surface area contributed by atoms with E-state index in [2.05, 4.69) is 13.8 Å². The van der Waals surface area contributed by atoms with Crippen LogP contribution in [0.5, 0.6) is 11.5 Å². The topological polar surface area (TPSA) is 89.3 Å². The third-order valence-electron chi connectivity index (χ3n) is 7.94. The Morgan fingerprint density at radius 1 is 0.867 bits per heavy atom. The van der Waals surface area contributed by atoms with Crippen LogP contribution >= 0.6 is 11.6 Å². The molecule has 8 nitrogen and oxygen atoms in total. The van der Waals surface area contributed by atoms with Crippen LogP contribution < -0.4 is 14.9 Å². The maximum Gasteiger partial charge on any atom is 0.254 e. The fourth-order valence-electron chi connectivity index (χ4n) is 5.46. The minimum atomic E-state index is -0.310. The lowest BCUT2D eigenvalue weighted by atomic mass is 10.0. The van der Waals surface area contributed by atoms with E-state index in [9.17, 15) is 14.4 Å². The standard InChI is InChI=1S/C36H33ClN2O6/c1-23(2)14-15-38(36(42)29-9-5-7-25-6-3-4-8-28(25)29)20-34(40)39(18-24-10-12-32-33(16-24)45-22-44-32)19-26-21-43-31-13-11-27(37)17-30(31)35(26)41/h3-13,16-17,21,23H,14-15,18-20,22H2,1-2H3. The molecule has 0 atom stereocenters. The van der Waals surface area contributed by atoms with Gasteiger partial charge in [0.2, 0.25) is 12.7 Å². The Morgan fingerprint density at radius 3 is 2.51 bits per heavy atom. The monoisotopic (exact) mass is 624 g/mol.